The van der Waals surface area contributed by atoms with E-state index in [0.29, 0.717) is 17.0 Å². The predicted molar refractivity (Wildman–Crippen MR) is 77.6 cm³/mol. The van der Waals surface area contributed by atoms with Crippen LogP contribution in [0.5, 0.6) is 5.75 Å². The number of carboxylic acids is 1. The number of carboxylic acid groups (broad SMARTS) is 1. The van der Waals surface area contributed by atoms with Crippen LogP contribution in [0.2, 0.25) is 0 Å². The first-order valence-electron chi connectivity index (χ1n) is 6.32. The maximum atomic E-state index is 11.0. The van der Waals surface area contributed by atoms with Crippen LogP contribution < -0.4 is 4.74 Å². The molecule has 0 saturated carbocycles. The molecule has 2 aromatic heterocycles. The molecule has 2 heterocycles. The van der Waals surface area contributed by atoms with Gasteiger partial charge < -0.3 is 14.8 Å². The monoisotopic (exact) mass is 283 g/mol. The van der Waals surface area contributed by atoms with Gasteiger partial charge in [0, 0.05) is 11.8 Å². The number of aromatic nitrogens is 3. The van der Waals surface area contributed by atoms with E-state index in [1.54, 1.807) is 7.11 Å². The highest BCUT2D eigenvalue weighted by Gasteiger charge is 2.11. The normalized spacial score (nSPS) is 10.8. The van der Waals surface area contributed by atoms with Crippen LogP contribution in [0.4, 0.5) is 0 Å². The quantitative estimate of drug-likeness (QED) is 0.771. The Morgan fingerprint density at radius 3 is 2.86 bits per heavy atom. The fourth-order valence-corrected chi connectivity index (χ4v) is 2.12. The van der Waals surface area contributed by atoms with Crippen molar-refractivity contribution in [3.63, 3.8) is 0 Å². The molecule has 0 amide bonds. The minimum atomic E-state index is -1.02. The van der Waals surface area contributed by atoms with Crippen molar-refractivity contribution in [1.82, 2.24) is 15.0 Å². The Kier molecular flexibility index (Phi) is 3.06. The summed E-state index contributed by atoms with van der Waals surface area (Å²) in [4.78, 5) is 22.5. The fraction of sp³-hybridized carbons (Fsp3) is 0.133. The Bertz CT molecular complexity index is 839. The summed E-state index contributed by atoms with van der Waals surface area (Å²) in [5.41, 5.74) is 3.08. The van der Waals surface area contributed by atoms with Crippen molar-refractivity contribution < 1.29 is 14.6 Å². The first-order valence-corrected chi connectivity index (χ1v) is 6.32. The number of imidazole rings is 1. The van der Waals surface area contributed by atoms with Gasteiger partial charge >= 0.3 is 5.97 Å². The summed E-state index contributed by atoms with van der Waals surface area (Å²) in [7, 11) is 1.62. The first kappa shape index (κ1) is 13.1. The van der Waals surface area contributed by atoms with E-state index in [9.17, 15) is 4.79 Å². The molecular formula is C15H13N3O3. The van der Waals surface area contributed by atoms with Crippen LogP contribution in [0.3, 0.4) is 0 Å². The van der Waals surface area contributed by atoms with Gasteiger partial charge in [0.1, 0.15) is 11.6 Å². The maximum Gasteiger partial charge on any atom is 0.337 e. The van der Waals surface area contributed by atoms with Gasteiger partial charge in [-0.3, -0.25) is 0 Å². The number of pyridine rings is 1. The number of aromatic carboxylic acids is 1. The fourth-order valence-electron chi connectivity index (χ4n) is 2.12. The van der Waals surface area contributed by atoms with Crippen LogP contribution in [0.1, 0.15) is 15.9 Å². The molecule has 6 heteroatoms. The summed E-state index contributed by atoms with van der Waals surface area (Å²) < 4.78 is 5.30. The van der Waals surface area contributed by atoms with Crippen molar-refractivity contribution >= 4 is 17.1 Å². The summed E-state index contributed by atoms with van der Waals surface area (Å²) in [5.74, 6) is 0.378. The van der Waals surface area contributed by atoms with E-state index in [1.165, 1.54) is 12.3 Å². The third kappa shape index (κ3) is 2.31. The van der Waals surface area contributed by atoms with Crippen LogP contribution in [0, 0.1) is 6.92 Å². The molecule has 0 fully saturated rings. The average Bonchev–Trinajstić information content (AvgIpc) is 2.90. The number of hydrogen-bond acceptors (Lipinski definition) is 4. The molecule has 3 aromatic rings. The standard InChI is InChI=1S/C15H13N3O3/c1-8-3-4-9(6-12(8)21-2)13-17-11-5-10(15(19)20)7-16-14(11)18-13/h3-7H,1-2H3,(H,19,20)(H,16,17,18). The second-order valence-electron chi connectivity index (χ2n) is 4.67. The summed E-state index contributed by atoms with van der Waals surface area (Å²) >= 11 is 0. The number of methoxy groups -OCH3 is 1. The molecule has 2 N–H and O–H groups in total. The van der Waals surface area contributed by atoms with Crippen molar-refractivity contribution in [3.05, 3.63) is 41.6 Å². The molecule has 0 aliphatic rings. The second kappa shape index (κ2) is 4.90. The third-order valence-corrected chi connectivity index (χ3v) is 3.27. The van der Waals surface area contributed by atoms with E-state index in [-0.39, 0.29) is 5.56 Å². The van der Waals surface area contributed by atoms with E-state index >= 15 is 0 Å². The topological polar surface area (TPSA) is 88.1 Å². The van der Waals surface area contributed by atoms with Gasteiger partial charge in [0.2, 0.25) is 0 Å². The van der Waals surface area contributed by atoms with Crippen molar-refractivity contribution in [2.75, 3.05) is 7.11 Å². The van der Waals surface area contributed by atoms with Crippen LogP contribution in [0.25, 0.3) is 22.6 Å². The first-order chi connectivity index (χ1) is 10.1. The molecule has 1 aromatic carbocycles. The molecule has 21 heavy (non-hydrogen) atoms. The van der Waals surface area contributed by atoms with Crippen molar-refractivity contribution in [3.8, 4) is 17.1 Å². The molecule has 0 unspecified atom stereocenters. The lowest BCUT2D eigenvalue weighted by molar-refractivity contribution is 0.0696. The lowest BCUT2D eigenvalue weighted by Gasteiger charge is -2.05. The molecule has 3 rings (SSSR count). The van der Waals surface area contributed by atoms with Crippen molar-refractivity contribution in [1.29, 1.82) is 0 Å². The zero-order valence-electron chi connectivity index (χ0n) is 11.5. The van der Waals surface area contributed by atoms with Crippen LogP contribution >= 0.6 is 0 Å². The number of aryl methyl sites for hydroxylation is 1. The lowest BCUT2D eigenvalue weighted by Crippen LogP contribution is -1.96. The molecule has 0 bridgehead atoms. The Labute approximate surface area is 120 Å². The smallest absolute Gasteiger partial charge is 0.337 e. The lowest BCUT2D eigenvalue weighted by atomic mass is 10.1. The summed E-state index contributed by atoms with van der Waals surface area (Å²) in [6.45, 7) is 1.96. The Hall–Kier alpha value is -2.89. The van der Waals surface area contributed by atoms with E-state index in [1.807, 2.05) is 25.1 Å². The van der Waals surface area contributed by atoms with E-state index < -0.39 is 5.97 Å². The van der Waals surface area contributed by atoms with Gasteiger partial charge in [0.25, 0.3) is 0 Å². The number of rotatable bonds is 3. The average molecular weight is 283 g/mol. The van der Waals surface area contributed by atoms with Gasteiger partial charge in [0.15, 0.2) is 5.65 Å². The second-order valence-corrected chi connectivity index (χ2v) is 4.67. The summed E-state index contributed by atoms with van der Waals surface area (Å²) in [6.07, 6.45) is 1.30. The molecule has 0 aliphatic heterocycles. The molecule has 6 nitrogen and oxygen atoms in total. The molecule has 106 valence electrons. The zero-order valence-corrected chi connectivity index (χ0v) is 11.5. The molecule has 0 saturated heterocycles. The minimum Gasteiger partial charge on any atom is -0.496 e. The molecule has 0 spiro atoms. The molecule has 0 aliphatic carbocycles. The SMILES string of the molecule is COc1cc(-c2nc3ncc(C(=O)O)cc3[nH]2)ccc1C. The predicted octanol–water partition coefficient (Wildman–Crippen LogP) is 2.64. The van der Waals surface area contributed by atoms with E-state index in [0.717, 1.165) is 16.9 Å². The third-order valence-electron chi connectivity index (χ3n) is 3.27. The minimum absolute atomic E-state index is 0.124. The number of aromatic amines is 1. The van der Waals surface area contributed by atoms with Gasteiger partial charge in [0.05, 0.1) is 18.2 Å². The number of ether oxygens (including phenoxy) is 1. The number of nitrogens with zero attached hydrogens (tertiary/aromatic N) is 2. The van der Waals surface area contributed by atoms with E-state index in [2.05, 4.69) is 15.0 Å². The Morgan fingerprint density at radius 2 is 2.14 bits per heavy atom. The van der Waals surface area contributed by atoms with Crippen molar-refractivity contribution in [2.45, 2.75) is 6.92 Å². The van der Waals surface area contributed by atoms with Gasteiger partial charge in [-0.1, -0.05) is 12.1 Å². The summed E-state index contributed by atoms with van der Waals surface area (Å²) in [5, 5.41) is 8.98. The number of hydrogen-bond donors (Lipinski definition) is 2. The number of benzene rings is 1. The van der Waals surface area contributed by atoms with Crippen LogP contribution in [-0.4, -0.2) is 33.1 Å². The van der Waals surface area contributed by atoms with Crippen molar-refractivity contribution in [2.24, 2.45) is 0 Å². The van der Waals surface area contributed by atoms with Gasteiger partial charge in [-0.25, -0.2) is 14.8 Å². The Morgan fingerprint density at radius 1 is 1.33 bits per heavy atom. The number of carbonyl (C=O) groups is 1. The van der Waals surface area contributed by atoms with Crippen LogP contribution in [0.15, 0.2) is 30.5 Å². The maximum absolute atomic E-state index is 11.0. The van der Waals surface area contributed by atoms with Crippen LogP contribution in [-0.2, 0) is 0 Å². The summed E-state index contributed by atoms with van der Waals surface area (Å²) in [6, 6.07) is 7.27. The largest absolute Gasteiger partial charge is 0.496 e. The highest BCUT2D eigenvalue weighted by atomic mass is 16.5. The number of nitrogens with one attached hydrogen (secondary N) is 1. The van der Waals surface area contributed by atoms with Gasteiger partial charge in [-0.05, 0) is 24.6 Å². The zero-order chi connectivity index (χ0) is 15.0. The molecule has 0 radical (unpaired) electrons. The number of fused-ring (bicyclic) bond motifs is 1. The molecule has 0 atom stereocenters. The van der Waals surface area contributed by atoms with Gasteiger partial charge in [-0.15, -0.1) is 0 Å². The Balaban J connectivity index is 2.10. The van der Waals surface area contributed by atoms with Gasteiger partial charge in [-0.2, -0.15) is 0 Å². The molecular weight excluding hydrogens is 270 g/mol. The van der Waals surface area contributed by atoms with E-state index in [4.69, 9.17) is 9.84 Å². The number of H-pyrrole nitrogens is 1. The highest BCUT2D eigenvalue weighted by Crippen LogP contribution is 2.26. The highest BCUT2D eigenvalue weighted by molar-refractivity contribution is 5.91.